The van der Waals surface area contributed by atoms with Gasteiger partial charge in [0.25, 0.3) is 5.69 Å². The van der Waals surface area contributed by atoms with Gasteiger partial charge in [-0.1, -0.05) is 12.1 Å². The summed E-state index contributed by atoms with van der Waals surface area (Å²) in [5.41, 5.74) is -0.587. The SMILES string of the molecule is CN(Cc1nccn1C(F)F)S(=O)(=O)c1ccccc1[N+](=O)[O-]. The number of halogens is 2. The quantitative estimate of drug-likeness (QED) is 0.588. The van der Waals surface area contributed by atoms with E-state index in [1.165, 1.54) is 12.1 Å². The maximum atomic E-state index is 12.8. The number of hydrogen-bond acceptors (Lipinski definition) is 5. The summed E-state index contributed by atoms with van der Waals surface area (Å²) >= 11 is 0. The second-order valence-corrected chi connectivity index (χ2v) is 6.53. The smallest absolute Gasteiger partial charge is 0.277 e. The molecule has 0 bridgehead atoms. The topological polar surface area (TPSA) is 98.3 Å². The molecule has 0 atom stereocenters. The van der Waals surface area contributed by atoms with Crippen LogP contribution < -0.4 is 0 Å². The average molecular weight is 346 g/mol. The Balaban J connectivity index is 2.37. The van der Waals surface area contributed by atoms with E-state index in [2.05, 4.69) is 4.98 Å². The molecule has 1 aromatic carbocycles. The standard InChI is InChI=1S/C12H12F2N4O4S/c1-16(8-11-15-6-7-17(11)12(13)14)23(21,22)10-5-3-2-4-9(10)18(19)20/h2-7,12H,8H2,1H3. The van der Waals surface area contributed by atoms with Crippen molar-refractivity contribution in [1.82, 2.24) is 13.9 Å². The maximum absolute atomic E-state index is 12.8. The molecule has 0 saturated carbocycles. The van der Waals surface area contributed by atoms with E-state index in [4.69, 9.17) is 0 Å². The first kappa shape index (κ1) is 17.0. The third-order valence-corrected chi connectivity index (χ3v) is 4.92. The van der Waals surface area contributed by atoms with Gasteiger partial charge in [0.15, 0.2) is 4.90 Å². The van der Waals surface area contributed by atoms with Crippen molar-refractivity contribution < 1.29 is 22.1 Å². The Morgan fingerprint density at radius 3 is 2.65 bits per heavy atom. The molecule has 0 fully saturated rings. The van der Waals surface area contributed by atoms with E-state index in [1.54, 1.807) is 0 Å². The minimum atomic E-state index is -4.24. The summed E-state index contributed by atoms with van der Waals surface area (Å²) in [6.45, 7) is -3.32. The number of rotatable bonds is 6. The largest absolute Gasteiger partial charge is 0.319 e. The van der Waals surface area contributed by atoms with Crippen molar-refractivity contribution in [3.05, 3.63) is 52.6 Å². The fourth-order valence-electron chi connectivity index (χ4n) is 1.92. The molecule has 0 aliphatic heterocycles. The molecular formula is C12H12F2N4O4S. The van der Waals surface area contributed by atoms with Gasteiger partial charge in [0.2, 0.25) is 10.0 Å². The Bertz CT molecular complexity index is 822. The van der Waals surface area contributed by atoms with Crippen LogP contribution in [0.2, 0.25) is 0 Å². The van der Waals surface area contributed by atoms with E-state index in [0.29, 0.717) is 4.57 Å². The number of para-hydroxylation sites is 1. The van der Waals surface area contributed by atoms with Crippen molar-refractivity contribution >= 4 is 15.7 Å². The first-order chi connectivity index (χ1) is 10.7. The average Bonchev–Trinajstić information content (AvgIpc) is 2.95. The predicted molar refractivity (Wildman–Crippen MR) is 75.2 cm³/mol. The third-order valence-electron chi connectivity index (χ3n) is 3.07. The van der Waals surface area contributed by atoms with Gasteiger partial charge in [-0.2, -0.15) is 13.1 Å². The fraction of sp³-hybridized carbons (Fsp3) is 0.250. The van der Waals surface area contributed by atoms with E-state index in [0.717, 1.165) is 35.9 Å². The van der Waals surface area contributed by atoms with E-state index >= 15 is 0 Å². The second kappa shape index (κ2) is 6.38. The zero-order valence-electron chi connectivity index (χ0n) is 11.8. The Hall–Kier alpha value is -2.40. The van der Waals surface area contributed by atoms with Crippen LogP contribution in [0, 0.1) is 10.1 Å². The first-order valence-corrected chi connectivity index (χ1v) is 7.68. The molecular weight excluding hydrogens is 334 g/mol. The van der Waals surface area contributed by atoms with Gasteiger partial charge in [-0.25, -0.2) is 13.4 Å². The second-order valence-electron chi connectivity index (χ2n) is 4.51. The zero-order valence-corrected chi connectivity index (χ0v) is 12.7. The molecule has 1 heterocycles. The van der Waals surface area contributed by atoms with Crippen LogP contribution in [-0.4, -0.2) is 34.2 Å². The summed E-state index contributed by atoms with van der Waals surface area (Å²) in [7, 11) is -3.10. The number of nitro groups is 1. The number of nitro benzene ring substituents is 1. The van der Waals surface area contributed by atoms with E-state index in [1.807, 2.05) is 0 Å². The molecule has 0 spiro atoms. The zero-order chi connectivity index (χ0) is 17.2. The van der Waals surface area contributed by atoms with Crippen LogP contribution in [0.1, 0.15) is 12.4 Å². The number of imidazole rings is 1. The van der Waals surface area contributed by atoms with Gasteiger partial charge in [0.1, 0.15) is 5.82 Å². The Labute approximate surface area is 130 Å². The van der Waals surface area contributed by atoms with Crippen LogP contribution in [0.3, 0.4) is 0 Å². The summed E-state index contributed by atoms with van der Waals surface area (Å²) in [4.78, 5) is 13.3. The molecule has 11 heteroatoms. The Morgan fingerprint density at radius 1 is 1.39 bits per heavy atom. The van der Waals surface area contributed by atoms with Crippen molar-refractivity contribution in [2.75, 3.05) is 7.05 Å². The van der Waals surface area contributed by atoms with Crippen molar-refractivity contribution in [3.8, 4) is 0 Å². The summed E-state index contributed by atoms with van der Waals surface area (Å²) in [5, 5.41) is 11.0. The summed E-state index contributed by atoms with van der Waals surface area (Å²) in [6, 6.07) is 4.82. The van der Waals surface area contributed by atoms with Crippen LogP contribution in [0.5, 0.6) is 0 Å². The number of aromatic nitrogens is 2. The molecule has 1 aromatic heterocycles. The predicted octanol–water partition coefficient (Wildman–Crippen LogP) is 2.01. The number of sulfonamides is 1. The normalized spacial score (nSPS) is 12.0. The first-order valence-electron chi connectivity index (χ1n) is 6.24. The molecule has 0 unspecified atom stereocenters. The van der Waals surface area contributed by atoms with Gasteiger partial charge in [0.05, 0.1) is 11.5 Å². The molecule has 0 saturated heterocycles. The highest BCUT2D eigenvalue weighted by molar-refractivity contribution is 7.89. The molecule has 2 aromatic rings. The summed E-state index contributed by atoms with van der Waals surface area (Å²) in [6.07, 6.45) is 2.14. The van der Waals surface area contributed by atoms with Crippen LogP contribution >= 0.6 is 0 Å². The lowest BCUT2D eigenvalue weighted by Crippen LogP contribution is -2.28. The minimum Gasteiger partial charge on any atom is -0.277 e. The molecule has 0 N–H and O–H groups in total. The van der Waals surface area contributed by atoms with E-state index in [-0.39, 0.29) is 5.82 Å². The van der Waals surface area contributed by atoms with E-state index < -0.39 is 38.6 Å². The molecule has 0 amide bonds. The highest BCUT2D eigenvalue weighted by Gasteiger charge is 2.30. The number of alkyl halides is 2. The summed E-state index contributed by atoms with van der Waals surface area (Å²) in [5.74, 6) is -0.176. The highest BCUT2D eigenvalue weighted by Crippen LogP contribution is 2.26. The number of hydrogen-bond donors (Lipinski definition) is 0. The fourth-order valence-corrected chi connectivity index (χ4v) is 3.20. The van der Waals surface area contributed by atoms with Crippen molar-refractivity contribution in [2.45, 2.75) is 18.0 Å². The number of nitrogens with zero attached hydrogens (tertiary/aromatic N) is 4. The van der Waals surface area contributed by atoms with Crippen molar-refractivity contribution in [1.29, 1.82) is 0 Å². The molecule has 0 radical (unpaired) electrons. The van der Waals surface area contributed by atoms with Gasteiger partial charge in [-0.05, 0) is 6.07 Å². The van der Waals surface area contributed by atoms with Gasteiger partial charge in [-0.15, -0.1) is 0 Å². The lowest BCUT2D eigenvalue weighted by Gasteiger charge is -2.17. The van der Waals surface area contributed by atoms with Crippen molar-refractivity contribution in [2.24, 2.45) is 0 Å². The summed E-state index contributed by atoms with van der Waals surface area (Å²) < 4.78 is 51.7. The van der Waals surface area contributed by atoms with Gasteiger partial charge in [-0.3, -0.25) is 14.7 Å². The molecule has 23 heavy (non-hydrogen) atoms. The van der Waals surface area contributed by atoms with Crippen molar-refractivity contribution in [3.63, 3.8) is 0 Å². The lowest BCUT2D eigenvalue weighted by atomic mass is 10.3. The van der Waals surface area contributed by atoms with E-state index in [9.17, 15) is 27.3 Å². The molecule has 8 nitrogen and oxygen atoms in total. The van der Waals surface area contributed by atoms with Crippen LogP contribution in [0.4, 0.5) is 14.5 Å². The van der Waals surface area contributed by atoms with Crippen LogP contribution in [0.15, 0.2) is 41.6 Å². The minimum absolute atomic E-state index is 0.176. The maximum Gasteiger partial charge on any atom is 0.319 e. The van der Waals surface area contributed by atoms with Gasteiger partial charge in [0, 0.05) is 25.5 Å². The third kappa shape index (κ3) is 3.35. The van der Waals surface area contributed by atoms with Crippen LogP contribution in [0.25, 0.3) is 0 Å². The van der Waals surface area contributed by atoms with Crippen LogP contribution in [-0.2, 0) is 16.6 Å². The molecule has 2 rings (SSSR count). The lowest BCUT2D eigenvalue weighted by molar-refractivity contribution is -0.387. The Morgan fingerprint density at radius 2 is 2.04 bits per heavy atom. The molecule has 0 aliphatic rings. The number of benzene rings is 1. The van der Waals surface area contributed by atoms with Gasteiger partial charge >= 0.3 is 6.55 Å². The molecule has 0 aliphatic carbocycles. The monoisotopic (exact) mass is 346 g/mol. The van der Waals surface area contributed by atoms with Gasteiger partial charge < -0.3 is 0 Å². The Kier molecular flexibility index (Phi) is 4.71. The highest BCUT2D eigenvalue weighted by atomic mass is 32.2. The molecule has 124 valence electrons.